The van der Waals surface area contributed by atoms with E-state index in [4.69, 9.17) is 0 Å². The maximum Gasteiger partial charge on any atom is 0.354 e. The fraction of sp³-hybridized carbons (Fsp3) is 0.600. The number of aromatic carboxylic acids is 1. The highest BCUT2D eigenvalue weighted by Crippen LogP contribution is 2.25. The van der Waals surface area contributed by atoms with Crippen molar-refractivity contribution in [3.63, 3.8) is 0 Å². The molecule has 0 unspecified atom stereocenters. The van der Waals surface area contributed by atoms with Gasteiger partial charge in [-0.2, -0.15) is 5.10 Å². The lowest BCUT2D eigenvalue weighted by molar-refractivity contribution is 0.0673. The first-order chi connectivity index (χ1) is 6.91. The molecule has 0 saturated heterocycles. The van der Waals surface area contributed by atoms with Crippen LogP contribution in [0.25, 0.3) is 0 Å². The van der Waals surface area contributed by atoms with Crippen molar-refractivity contribution in [1.82, 2.24) is 15.1 Å². The summed E-state index contributed by atoms with van der Waals surface area (Å²) in [6, 6.07) is 0. The van der Waals surface area contributed by atoms with E-state index in [-0.39, 0.29) is 5.54 Å². The Bertz CT molecular complexity index is 415. The van der Waals surface area contributed by atoms with Gasteiger partial charge in [-0.1, -0.05) is 0 Å². The van der Waals surface area contributed by atoms with Crippen molar-refractivity contribution in [2.75, 3.05) is 0 Å². The first-order valence-corrected chi connectivity index (χ1v) is 4.96. The lowest BCUT2D eigenvalue weighted by atomic mass is 10.1. The quantitative estimate of drug-likeness (QED) is 0.722. The standard InChI is InChI=1S/C10H15N3O2/c1-10(2,3)13-8(9(14)15)6-4-11-5-7(6)12-13/h11H,4-5H2,1-3H3,(H,14,15). The Balaban J connectivity index is 2.62. The number of nitrogens with one attached hydrogen (secondary N) is 1. The van der Waals surface area contributed by atoms with Gasteiger partial charge in [0.05, 0.1) is 11.2 Å². The van der Waals surface area contributed by atoms with Crippen LogP contribution in [0.2, 0.25) is 0 Å². The second-order valence-corrected chi connectivity index (χ2v) is 4.77. The van der Waals surface area contributed by atoms with Crippen LogP contribution in [-0.4, -0.2) is 20.9 Å². The summed E-state index contributed by atoms with van der Waals surface area (Å²) in [5.74, 6) is -0.901. The molecular formula is C10H15N3O2. The molecule has 1 aliphatic heterocycles. The van der Waals surface area contributed by atoms with Crippen LogP contribution < -0.4 is 5.32 Å². The van der Waals surface area contributed by atoms with Crippen LogP contribution in [0.3, 0.4) is 0 Å². The molecule has 0 spiro atoms. The van der Waals surface area contributed by atoms with E-state index in [1.807, 2.05) is 20.8 Å². The van der Waals surface area contributed by atoms with Crippen molar-refractivity contribution < 1.29 is 9.90 Å². The molecule has 0 aliphatic carbocycles. The Hall–Kier alpha value is -1.36. The lowest BCUT2D eigenvalue weighted by Gasteiger charge is -2.21. The minimum atomic E-state index is -0.901. The molecule has 15 heavy (non-hydrogen) atoms. The molecule has 82 valence electrons. The van der Waals surface area contributed by atoms with Gasteiger partial charge in [0.25, 0.3) is 0 Å². The van der Waals surface area contributed by atoms with Gasteiger partial charge in [0.1, 0.15) is 0 Å². The number of nitrogens with zero attached hydrogens (tertiary/aromatic N) is 2. The molecule has 0 bridgehead atoms. The molecule has 1 aliphatic rings. The minimum absolute atomic E-state index is 0.294. The highest BCUT2D eigenvalue weighted by molar-refractivity contribution is 5.88. The maximum atomic E-state index is 11.2. The average molecular weight is 209 g/mol. The summed E-state index contributed by atoms with van der Waals surface area (Å²) in [7, 11) is 0. The zero-order chi connectivity index (χ0) is 11.2. The third-order valence-electron chi connectivity index (χ3n) is 2.50. The molecule has 0 atom stereocenters. The van der Waals surface area contributed by atoms with Crippen molar-refractivity contribution >= 4 is 5.97 Å². The first-order valence-electron chi connectivity index (χ1n) is 4.96. The molecule has 1 aromatic heterocycles. The highest BCUT2D eigenvalue weighted by atomic mass is 16.4. The smallest absolute Gasteiger partial charge is 0.354 e. The molecule has 2 rings (SSSR count). The van der Waals surface area contributed by atoms with Crippen molar-refractivity contribution in [2.45, 2.75) is 39.4 Å². The number of carboxylic acid groups (broad SMARTS) is 1. The molecule has 5 heteroatoms. The minimum Gasteiger partial charge on any atom is -0.477 e. The molecule has 0 saturated carbocycles. The van der Waals surface area contributed by atoms with Gasteiger partial charge < -0.3 is 10.4 Å². The Morgan fingerprint density at radius 1 is 1.47 bits per heavy atom. The summed E-state index contributed by atoms with van der Waals surface area (Å²) in [6.07, 6.45) is 0. The van der Waals surface area contributed by atoms with Crippen molar-refractivity contribution in [2.24, 2.45) is 0 Å². The van der Waals surface area contributed by atoms with E-state index in [1.54, 1.807) is 4.68 Å². The second-order valence-electron chi connectivity index (χ2n) is 4.77. The fourth-order valence-corrected chi connectivity index (χ4v) is 1.83. The summed E-state index contributed by atoms with van der Waals surface area (Å²) in [4.78, 5) is 11.2. The number of aromatic nitrogens is 2. The first kappa shape index (κ1) is 10.2. The predicted octanol–water partition coefficient (Wildman–Crippen LogP) is 0.940. The van der Waals surface area contributed by atoms with Crippen LogP contribution in [-0.2, 0) is 18.6 Å². The van der Waals surface area contributed by atoms with E-state index in [0.717, 1.165) is 11.3 Å². The lowest BCUT2D eigenvalue weighted by Crippen LogP contribution is -2.28. The zero-order valence-corrected chi connectivity index (χ0v) is 9.16. The number of rotatable bonds is 1. The van der Waals surface area contributed by atoms with Gasteiger partial charge in [-0.3, -0.25) is 4.68 Å². The average Bonchev–Trinajstić information content (AvgIpc) is 2.56. The Morgan fingerprint density at radius 2 is 2.13 bits per heavy atom. The van der Waals surface area contributed by atoms with E-state index in [9.17, 15) is 9.90 Å². The van der Waals surface area contributed by atoms with Crippen molar-refractivity contribution in [3.05, 3.63) is 17.0 Å². The molecule has 5 nitrogen and oxygen atoms in total. The number of hydrogen-bond donors (Lipinski definition) is 2. The van der Waals surface area contributed by atoms with E-state index >= 15 is 0 Å². The second kappa shape index (κ2) is 3.06. The number of carboxylic acids is 1. The van der Waals surface area contributed by atoms with Gasteiger partial charge in [0.15, 0.2) is 5.69 Å². The van der Waals surface area contributed by atoms with Gasteiger partial charge in [-0.15, -0.1) is 0 Å². The summed E-state index contributed by atoms with van der Waals surface area (Å²) >= 11 is 0. The molecule has 2 heterocycles. The molecule has 0 radical (unpaired) electrons. The fourth-order valence-electron chi connectivity index (χ4n) is 1.83. The van der Waals surface area contributed by atoms with Crippen LogP contribution in [0.5, 0.6) is 0 Å². The molecule has 0 amide bonds. The van der Waals surface area contributed by atoms with Crippen LogP contribution in [0.1, 0.15) is 42.5 Å². The monoisotopic (exact) mass is 209 g/mol. The summed E-state index contributed by atoms with van der Waals surface area (Å²) in [5.41, 5.74) is 1.72. The van der Waals surface area contributed by atoms with Crippen LogP contribution in [0.15, 0.2) is 0 Å². The summed E-state index contributed by atoms with van der Waals surface area (Å²) in [5, 5.41) is 16.7. The van der Waals surface area contributed by atoms with E-state index < -0.39 is 5.97 Å². The van der Waals surface area contributed by atoms with Gasteiger partial charge >= 0.3 is 5.97 Å². The summed E-state index contributed by atoms with van der Waals surface area (Å²) < 4.78 is 1.61. The van der Waals surface area contributed by atoms with Gasteiger partial charge in [-0.25, -0.2) is 4.79 Å². The number of carbonyl (C=O) groups is 1. The van der Waals surface area contributed by atoms with Gasteiger partial charge in [0, 0.05) is 18.7 Å². The molecule has 2 N–H and O–H groups in total. The number of fused-ring (bicyclic) bond motifs is 1. The predicted molar refractivity (Wildman–Crippen MR) is 54.7 cm³/mol. The largest absolute Gasteiger partial charge is 0.477 e. The Kier molecular flexibility index (Phi) is 2.08. The molecule has 0 aromatic carbocycles. The van der Waals surface area contributed by atoms with Crippen molar-refractivity contribution in [3.8, 4) is 0 Å². The molecular weight excluding hydrogens is 194 g/mol. The SMILES string of the molecule is CC(C)(C)n1nc2c(c1C(=O)O)CNC2. The third-order valence-corrected chi connectivity index (χ3v) is 2.50. The summed E-state index contributed by atoms with van der Waals surface area (Å²) in [6.45, 7) is 7.13. The van der Waals surface area contributed by atoms with Gasteiger partial charge in [0.2, 0.25) is 0 Å². The highest BCUT2D eigenvalue weighted by Gasteiger charge is 2.30. The Morgan fingerprint density at radius 3 is 2.67 bits per heavy atom. The third kappa shape index (κ3) is 1.52. The zero-order valence-electron chi connectivity index (χ0n) is 9.16. The van der Waals surface area contributed by atoms with Crippen LogP contribution in [0, 0.1) is 0 Å². The van der Waals surface area contributed by atoms with Crippen LogP contribution in [0.4, 0.5) is 0 Å². The Labute approximate surface area is 88.1 Å². The van der Waals surface area contributed by atoms with Gasteiger partial charge in [-0.05, 0) is 20.8 Å². The van der Waals surface area contributed by atoms with Crippen molar-refractivity contribution in [1.29, 1.82) is 0 Å². The van der Waals surface area contributed by atoms with E-state index in [1.165, 1.54) is 0 Å². The molecule has 1 aromatic rings. The normalized spacial score (nSPS) is 15.4. The topological polar surface area (TPSA) is 67.2 Å². The molecule has 0 fully saturated rings. The van der Waals surface area contributed by atoms with Crippen LogP contribution >= 0.6 is 0 Å². The maximum absolute atomic E-state index is 11.2. The van der Waals surface area contributed by atoms with E-state index in [0.29, 0.717) is 18.8 Å². The number of hydrogen-bond acceptors (Lipinski definition) is 3. The van der Waals surface area contributed by atoms with E-state index in [2.05, 4.69) is 10.4 Å².